The molecule has 22 heavy (non-hydrogen) atoms. The Labute approximate surface area is 129 Å². The zero-order valence-corrected chi connectivity index (χ0v) is 12.8. The van der Waals surface area contributed by atoms with E-state index in [4.69, 9.17) is 4.74 Å². The summed E-state index contributed by atoms with van der Waals surface area (Å²) in [4.78, 5) is 11.8. The van der Waals surface area contributed by atoms with Gasteiger partial charge in [0.2, 0.25) is 0 Å². The van der Waals surface area contributed by atoms with Gasteiger partial charge < -0.3 is 9.30 Å². The third-order valence-electron chi connectivity index (χ3n) is 3.50. The highest BCUT2D eigenvalue weighted by Gasteiger charge is 2.15. The second-order valence-corrected chi connectivity index (χ2v) is 4.81. The lowest BCUT2D eigenvalue weighted by Gasteiger charge is -2.04. The molecule has 0 fully saturated rings. The van der Waals surface area contributed by atoms with E-state index in [2.05, 4.69) is 11.1 Å². The van der Waals surface area contributed by atoms with E-state index in [9.17, 15) is 10.1 Å². The van der Waals surface area contributed by atoms with E-state index < -0.39 is 5.97 Å². The molecular formula is C18H18N2O2. The molecule has 4 heteroatoms. The summed E-state index contributed by atoms with van der Waals surface area (Å²) in [6.07, 6.45) is 3.43. The molecule has 0 saturated carbocycles. The number of benzene rings is 1. The molecule has 2 rings (SSSR count). The zero-order valence-electron chi connectivity index (χ0n) is 12.8. The minimum atomic E-state index is -0.593. The average Bonchev–Trinajstić information content (AvgIpc) is 2.78. The smallest absolute Gasteiger partial charge is 0.348 e. The minimum absolute atomic E-state index is 0.00598. The summed E-state index contributed by atoms with van der Waals surface area (Å²) < 4.78 is 7.03. The number of hydrogen-bond acceptors (Lipinski definition) is 3. The first-order chi connectivity index (χ1) is 10.6. The molecule has 0 aliphatic rings. The zero-order chi connectivity index (χ0) is 16.1. The van der Waals surface area contributed by atoms with Gasteiger partial charge >= 0.3 is 5.97 Å². The molecule has 2 aromatic rings. The van der Waals surface area contributed by atoms with Gasteiger partial charge in [-0.25, -0.2) is 4.79 Å². The molecule has 0 aliphatic carbocycles. The quantitative estimate of drug-likeness (QED) is 0.366. The Morgan fingerprint density at radius 1 is 1.45 bits per heavy atom. The normalized spacial score (nSPS) is 11.2. The Hall–Kier alpha value is -2.80. The van der Waals surface area contributed by atoms with Gasteiger partial charge in [-0.1, -0.05) is 24.3 Å². The van der Waals surface area contributed by atoms with Crippen LogP contribution in [0.1, 0.15) is 18.2 Å². The van der Waals surface area contributed by atoms with Gasteiger partial charge in [-0.05, 0) is 26.0 Å². The molecule has 0 spiro atoms. The molecule has 0 radical (unpaired) electrons. The van der Waals surface area contributed by atoms with Crippen molar-refractivity contribution in [1.29, 1.82) is 5.26 Å². The van der Waals surface area contributed by atoms with Crippen LogP contribution in [-0.2, 0) is 16.1 Å². The highest BCUT2D eigenvalue weighted by Crippen LogP contribution is 2.28. The lowest BCUT2D eigenvalue weighted by Crippen LogP contribution is -2.06. The first-order valence-corrected chi connectivity index (χ1v) is 7.11. The maximum Gasteiger partial charge on any atom is 0.348 e. The topological polar surface area (TPSA) is 55.0 Å². The number of para-hydroxylation sites is 1. The fourth-order valence-electron chi connectivity index (χ4n) is 2.49. The SMILES string of the molecule is C=CCn1c(C)c(C=C(C#N)C(=O)OCC)c2ccccc21. The standard InChI is InChI=1S/C18H18N2O2/c1-4-10-20-13(3)16(15-8-6-7-9-17(15)20)11-14(12-19)18(21)22-5-2/h4,6-9,11H,1,5,10H2,2-3H3. The molecule has 0 atom stereocenters. The van der Waals surface area contributed by atoms with E-state index in [0.29, 0.717) is 6.54 Å². The Kier molecular flexibility index (Phi) is 4.80. The lowest BCUT2D eigenvalue weighted by atomic mass is 10.1. The molecule has 0 bridgehead atoms. The number of esters is 1. The monoisotopic (exact) mass is 294 g/mol. The molecule has 1 heterocycles. The summed E-state index contributed by atoms with van der Waals surface area (Å²) in [5, 5.41) is 10.2. The fraction of sp³-hybridized carbons (Fsp3) is 0.222. The Morgan fingerprint density at radius 2 is 2.18 bits per heavy atom. The van der Waals surface area contributed by atoms with Crippen LogP contribution >= 0.6 is 0 Å². The van der Waals surface area contributed by atoms with Gasteiger partial charge in [-0.2, -0.15) is 5.26 Å². The second-order valence-electron chi connectivity index (χ2n) is 4.81. The number of fused-ring (bicyclic) bond motifs is 1. The lowest BCUT2D eigenvalue weighted by molar-refractivity contribution is -0.137. The second kappa shape index (κ2) is 6.77. The van der Waals surface area contributed by atoms with Crippen molar-refractivity contribution in [2.24, 2.45) is 0 Å². The van der Waals surface area contributed by atoms with E-state index in [1.54, 1.807) is 13.0 Å². The molecule has 0 saturated heterocycles. The van der Waals surface area contributed by atoms with Crippen LogP contribution < -0.4 is 0 Å². The van der Waals surface area contributed by atoms with Gasteiger partial charge in [-0.15, -0.1) is 6.58 Å². The van der Waals surface area contributed by atoms with Crippen molar-refractivity contribution in [3.8, 4) is 6.07 Å². The number of carbonyl (C=O) groups is 1. The molecule has 4 nitrogen and oxygen atoms in total. The van der Waals surface area contributed by atoms with Crippen molar-refractivity contribution in [3.63, 3.8) is 0 Å². The Bertz CT molecular complexity index is 791. The van der Waals surface area contributed by atoms with E-state index in [-0.39, 0.29) is 12.2 Å². The molecule has 1 aromatic heterocycles. The summed E-state index contributed by atoms with van der Waals surface area (Å²) in [5.74, 6) is -0.593. The van der Waals surface area contributed by atoms with E-state index in [1.165, 1.54) is 0 Å². The number of aromatic nitrogens is 1. The molecule has 0 unspecified atom stereocenters. The number of carbonyl (C=O) groups excluding carboxylic acids is 1. The molecule has 1 aromatic carbocycles. The van der Waals surface area contributed by atoms with Crippen LogP contribution in [0.5, 0.6) is 0 Å². The van der Waals surface area contributed by atoms with Crippen LogP contribution in [0.25, 0.3) is 17.0 Å². The first-order valence-electron chi connectivity index (χ1n) is 7.11. The van der Waals surface area contributed by atoms with Gasteiger partial charge in [0, 0.05) is 28.7 Å². The maximum atomic E-state index is 11.8. The molecule has 0 N–H and O–H groups in total. The Balaban J connectivity index is 2.65. The number of rotatable bonds is 5. The minimum Gasteiger partial charge on any atom is -0.462 e. The number of allylic oxidation sites excluding steroid dienone is 1. The van der Waals surface area contributed by atoms with Gasteiger partial charge in [0.05, 0.1) is 6.61 Å². The number of hydrogen-bond donors (Lipinski definition) is 0. The van der Waals surface area contributed by atoms with Crippen LogP contribution in [0.4, 0.5) is 0 Å². The van der Waals surface area contributed by atoms with Crippen molar-refractivity contribution < 1.29 is 9.53 Å². The fourth-order valence-corrected chi connectivity index (χ4v) is 2.49. The Morgan fingerprint density at radius 3 is 2.82 bits per heavy atom. The van der Waals surface area contributed by atoms with Crippen LogP contribution in [0.3, 0.4) is 0 Å². The van der Waals surface area contributed by atoms with Crippen LogP contribution in [0.15, 0.2) is 42.5 Å². The maximum absolute atomic E-state index is 11.8. The van der Waals surface area contributed by atoms with Crippen molar-refractivity contribution in [1.82, 2.24) is 4.57 Å². The highest BCUT2D eigenvalue weighted by molar-refractivity contribution is 6.01. The van der Waals surface area contributed by atoms with E-state index in [1.807, 2.05) is 43.3 Å². The summed E-state index contributed by atoms with van der Waals surface area (Å²) in [5.41, 5.74) is 2.90. The van der Waals surface area contributed by atoms with Crippen molar-refractivity contribution in [2.75, 3.05) is 6.61 Å². The van der Waals surface area contributed by atoms with Crippen molar-refractivity contribution in [3.05, 3.63) is 53.8 Å². The molecule has 0 amide bonds. The molecule has 0 aliphatic heterocycles. The van der Waals surface area contributed by atoms with E-state index in [0.717, 1.165) is 22.2 Å². The molecular weight excluding hydrogens is 276 g/mol. The highest BCUT2D eigenvalue weighted by atomic mass is 16.5. The van der Waals surface area contributed by atoms with Gasteiger partial charge in [0.15, 0.2) is 0 Å². The summed E-state index contributed by atoms with van der Waals surface area (Å²) in [6, 6.07) is 9.82. The van der Waals surface area contributed by atoms with Gasteiger partial charge in [-0.3, -0.25) is 0 Å². The predicted molar refractivity (Wildman–Crippen MR) is 87.1 cm³/mol. The number of nitriles is 1. The molecule has 112 valence electrons. The van der Waals surface area contributed by atoms with Gasteiger partial charge in [0.25, 0.3) is 0 Å². The third kappa shape index (κ3) is 2.79. The largest absolute Gasteiger partial charge is 0.462 e. The third-order valence-corrected chi connectivity index (χ3v) is 3.50. The average molecular weight is 294 g/mol. The number of nitrogens with zero attached hydrogens (tertiary/aromatic N) is 2. The van der Waals surface area contributed by atoms with E-state index >= 15 is 0 Å². The summed E-state index contributed by atoms with van der Waals surface area (Å²) >= 11 is 0. The van der Waals surface area contributed by atoms with Crippen molar-refractivity contribution in [2.45, 2.75) is 20.4 Å². The van der Waals surface area contributed by atoms with Crippen LogP contribution in [-0.4, -0.2) is 17.1 Å². The summed E-state index contributed by atoms with van der Waals surface area (Å²) in [7, 11) is 0. The van der Waals surface area contributed by atoms with Gasteiger partial charge in [0.1, 0.15) is 11.6 Å². The van der Waals surface area contributed by atoms with Crippen molar-refractivity contribution >= 4 is 22.9 Å². The number of ether oxygens (including phenoxy) is 1. The predicted octanol–water partition coefficient (Wildman–Crippen LogP) is 3.61. The first kappa shape index (κ1) is 15.6. The summed E-state index contributed by atoms with van der Waals surface area (Å²) in [6.45, 7) is 8.38. The van der Waals surface area contributed by atoms with Crippen LogP contribution in [0, 0.1) is 18.3 Å². The van der Waals surface area contributed by atoms with Crippen LogP contribution in [0.2, 0.25) is 0 Å².